The first kappa shape index (κ1) is 12.0. The van der Waals surface area contributed by atoms with Gasteiger partial charge in [-0.05, 0) is 19.3 Å². The number of aliphatic hydroxyl groups excluding tert-OH is 1. The molecule has 1 rings (SSSR count). The van der Waals surface area contributed by atoms with Crippen LogP contribution in [0, 0.1) is 5.92 Å². The topological polar surface area (TPSA) is 66.8 Å². The lowest BCUT2D eigenvalue weighted by Crippen LogP contribution is -2.44. The monoisotopic (exact) mass is 215 g/mol. The molecule has 0 aromatic carbocycles. The van der Waals surface area contributed by atoms with E-state index in [0.29, 0.717) is 6.54 Å². The summed E-state index contributed by atoms with van der Waals surface area (Å²) in [6.07, 6.45) is 0.816. The van der Waals surface area contributed by atoms with Crippen LogP contribution in [0.15, 0.2) is 0 Å². The van der Waals surface area contributed by atoms with E-state index in [1.54, 1.807) is 6.92 Å². The average Bonchev–Trinajstić information content (AvgIpc) is 2.58. The smallest absolute Gasteiger partial charge is 0.397 e. The molecule has 15 heavy (non-hydrogen) atoms. The third-order valence-electron chi connectivity index (χ3n) is 2.78. The van der Waals surface area contributed by atoms with Crippen LogP contribution in [0.4, 0.5) is 0 Å². The van der Waals surface area contributed by atoms with Crippen molar-refractivity contribution in [1.29, 1.82) is 0 Å². The summed E-state index contributed by atoms with van der Waals surface area (Å²) in [6, 6.07) is -0.248. The van der Waals surface area contributed by atoms with Crippen LogP contribution >= 0.6 is 0 Å². The van der Waals surface area contributed by atoms with Crippen molar-refractivity contribution in [3.8, 4) is 0 Å². The average molecular weight is 215 g/mol. The summed E-state index contributed by atoms with van der Waals surface area (Å²) in [5, 5.41) is 9.12. The number of amides is 1. The number of carbonyl (C=O) groups is 2. The van der Waals surface area contributed by atoms with Crippen molar-refractivity contribution in [2.45, 2.75) is 26.3 Å². The number of likely N-dealkylation sites (tertiary alicyclic amines) is 1. The first-order valence-corrected chi connectivity index (χ1v) is 5.20. The minimum atomic E-state index is -0.829. The Morgan fingerprint density at radius 1 is 1.53 bits per heavy atom. The minimum Gasteiger partial charge on any atom is -0.459 e. The van der Waals surface area contributed by atoms with E-state index in [1.165, 1.54) is 4.90 Å². The fourth-order valence-corrected chi connectivity index (χ4v) is 1.85. The number of rotatable bonds is 2. The lowest BCUT2D eigenvalue weighted by atomic mass is 10.0. The molecule has 5 heteroatoms. The minimum absolute atomic E-state index is 0.105. The quantitative estimate of drug-likeness (QED) is 0.511. The highest BCUT2D eigenvalue weighted by Gasteiger charge is 2.37. The van der Waals surface area contributed by atoms with Crippen LogP contribution in [0.5, 0.6) is 0 Å². The second-order valence-electron chi connectivity index (χ2n) is 3.73. The van der Waals surface area contributed by atoms with Crippen LogP contribution in [0.2, 0.25) is 0 Å². The Hall–Kier alpha value is -1.10. The van der Waals surface area contributed by atoms with Gasteiger partial charge in [0.1, 0.15) is 0 Å². The molecule has 5 nitrogen and oxygen atoms in total. The van der Waals surface area contributed by atoms with Crippen molar-refractivity contribution in [2.24, 2.45) is 5.92 Å². The van der Waals surface area contributed by atoms with Crippen molar-refractivity contribution in [3.63, 3.8) is 0 Å². The molecule has 0 spiro atoms. The highest BCUT2D eigenvalue weighted by molar-refractivity contribution is 6.32. The van der Waals surface area contributed by atoms with Gasteiger partial charge in [-0.3, -0.25) is 4.79 Å². The normalized spacial score (nSPS) is 25.4. The van der Waals surface area contributed by atoms with Crippen LogP contribution in [0.25, 0.3) is 0 Å². The summed E-state index contributed by atoms with van der Waals surface area (Å²) >= 11 is 0. The van der Waals surface area contributed by atoms with Gasteiger partial charge in [0, 0.05) is 6.54 Å². The Kier molecular flexibility index (Phi) is 4.08. The lowest BCUT2D eigenvalue weighted by molar-refractivity contribution is -0.160. The molecule has 0 aromatic rings. The van der Waals surface area contributed by atoms with Gasteiger partial charge in [-0.2, -0.15) is 0 Å². The standard InChI is InChI=1S/C10H17NO4/c1-3-15-10(14)9(13)11-5-4-7(2)8(11)6-12/h7-8,12H,3-6H2,1-2H3. The molecule has 1 N–H and O–H groups in total. The van der Waals surface area contributed by atoms with Crippen molar-refractivity contribution in [3.05, 3.63) is 0 Å². The first-order chi connectivity index (χ1) is 7.11. The Morgan fingerprint density at radius 2 is 2.20 bits per heavy atom. The van der Waals surface area contributed by atoms with Crippen LogP contribution in [0.1, 0.15) is 20.3 Å². The molecule has 1 aliphatic rings. The molecule has 1 fully saturated rings. The maximum Gasteiger partial charge on any atom is 0.397 e. The molecular weight excluding hydrogens is 198 g/mol. The predicted octanol–water partition coefficient (Wildman–Crippen LogP) is -0.221. The molecule has 0 aromatic heterocycles. The number of ether oxygens (including phenoxy) is 1. The maximum absolute atomic E-state index is 11.6. The van der Waals surface area contributed by atoms with E-state index in [1.807, 2.05) is 6.92 Å². The second-order valence-corrected chi connectivity index (χ2v) is 3.73. The molecule has 0 aliphatic carbocycles. The first-order valence-electron chi connectivity index (χ1n) is 5.20. The molecule has 1 heterocycles. The molecule has 1 amide bonds. The number of esters is 1. The lowest BCUT2D eigenvalue weighted by Gasteiger charge is -2.23. The summed E-state index contributed by atoms with van der Waals surface area (Å²) in [5.41, 5.74) is 0. The van der Waals surface area contributed by atoms with Crippen molar-refractivity contribution in [1.82, 2.24) is 4.90 Å². The van der Waals surface area contributed by atoms with E-state index in [0.717, 1.165) is 6.42 Å². The van der Waals surface area contributed by atoms with Crippen molar-refractivity contribution >= 4 is 11.9 Å². The number of nitrogens with zero attached hydrogens (tertiary/aromatic N) is 1. The second kappa shape index (κ2) is 5.11. The van der Waals surface area contributed by atoms with Crippen LogP contribution in [0.3, 0.4) is 0 Å². The van der Waals surface area contributed by atoms with E-state index in [-0.39, 0.29) is 25.2 Å². The zero-order chi connectivity index (χ0) is 11.4. The van der Waals surface area contributed by atoms with E-state index in [2.05, 4.69) is 4.74 Å². The zero-order valence-corrected chi connectivity index (χ0v) is 9.10. The molecular formula is C10H17NO4. The molecule has 2 atom stereocenters. The number of aliphatic hydroxyl groups is 1. The summed E-state index contributed by atoms with van der Waals surface area (Å²) < 4.78 is 4.63. The highest BCUT2D eigenvalue weighted by Crippen LogP contribution is 2.23. The van der Waals surface area contributed by atoms with Gasteiger partial charge < -0.3 is 14.7 Å². The third kappa shape index (κ3) is 2.47. The van der Waals surface area contributed by atoms with E-state index >= 15 is 0 Å². The van der Waals surface area contributed by atoms with Gasteiger partial charge >= 0.3 is 11.9 Å². The third-order valence-corrected chi connectivity index (χ3v) is 2.78. The number of hydrogen-bond acceptors (Lipinski definition) is 4. The summed E-state index contributed by atoms with van der Waals surface area (Å²) in [7, 11) is 0. The van der Waals surface area contributed by atoms with Crippen LogP contribution in [-0.2, 0) is 14.3 Å². The summed E-state index contributed by atoms with van der Waals surface area (Å²) in [5.74, 6) is -1.24. The van der Waals surface area contributed by atoms with Gasteiger partial charge in [0.05, 0.1) is 19.3 Å². The van der Waals surface area contributed by atoms with Gasteiger partial charge in [0.15, 0.2) is 0 Å². The van der Waals surface area contributed by atoms with Crippen LogP contribution < -0.4 is 0 Å². The predicted molar refractivity (Wildman–Crippen MR) is 53.0 cm³/mol. The zero-order valence-electron chi connectivity index (χ0n) is 9.10. The Bertz CT molecular complexity index is 254. The van der Waals surface area contributed by atoms with Gasteiger partial charge in [-0.1, -0.05) is 6.92 Å². The SMILES string of the molecule is CCOC(=O)C(=O)N1CCC(C)C1CO. The summed E-state index contributed by atoms with van der Waals surface area (Å²) in [6.45, 7) is 4.22. The molecule has 86 valence electrons. The number of hydrogen-bond donors (Lipinski definition) is 1. The Balaban J connectivity index is 2.63. The molecule has 1 saturated heterocycles. The molecule has 2 unspecified atom stereocenters. The molecule has 1 aliphatic heterocycles. The largest absolute Gasteiger partial charge is 0.459 e. The van der Waals surface area contributed by atoms with E-state index in [9.17, 15) is 9.59 Å². The maximum atomic E-state index is 11.6. The fraction of sp³-hybridized carbons (Fsp3) is 0.800. The molecule has 0 bridgehead atoms. The Labute approximate surface area is 89.0 Å². The Morgan fingerprint density at radius 3 is 2.73 bits per heavy atom. The van der Waals surface area contributed by atoms with Gasteiger partial charge in [-0.15, -0.1) is 0 Å². The van der Waals surface area contributed by atoms with Gasteiger partial charge in [-0.25, -0.2) is 4.79 Å². The molecule has 0 radical (unpaired) electrons. The van der Waals surface area contributed by atoms with Gasteiger partial charge in [0.2, 0.25) is 0 Å². The fourth-order valence-electron chi connectivity index (χ4n) is 1.85. The van der Waals surface area contributed by atoms with Crippen molar-refractivity contribution in [2.75, 3.05) is 19.8 Å². The van der Waals surface area contributed by atoms with Crippen LogP contribution in [-0.4, -0.2) is 47.7 Å². The highest BCUT2D eigenvalue weighted by atomic mass is 16.5. The molecule has 0 saturated carbocycles. The van der Waals surface area contributed by atoms with E-state index in [4.69, 9.17) is 5.11 Å². The summed E-state index contributed by atoms with van der Waals surface area (Å²) in [4.78, 5) is 24.2. The van der Waals surface area contributed by atoms with E-state index < -0.39 is 11.9 Å². The van der Waals surface area contributed by atoms with Gasteiger partial charge in [0.25, 0.3) is 0 Å². The number of carbonyl (C=O) groups excluding carboxylic acids is 2. The van der Waals surface area contributed by atoms with Crippen molar-refractivity contribution < 1.29 is 19.4 Å².